The van der Waals surface area contributed by atoms with Crippen LogP contribution in [0.5, 0.6) is 5.75 Å². The summed E-state index contributed by atoms with van der Waals surface area (Å²) >= 11 is 0. The molecule has 3 aromatic rings. The lowest BCUT2D eigenvalue weighted by Crippen LogP contribution is -2.42. The van der Waals surface area contributed by atoms with E-state index in [0.717, 1.165) is 35.5 Å². The summed E-state index contributed by atoms with van der Waals surface area (Å²) in [6, 6.07) is 11.9. The Morgan fingerprint density at radius 1 is 1.32 bits per heavy atom. The van der Waals surface area contributed by atoms with Crippen molar-refractivity contribution in [3.63, 3.8) is 0 Å². The van der Waals surface area contributed by atoms with Crippen LogP contribution in [0, 0.1) is 0 Å². The molecule has 1 aliphatic heterocycles. The number of rotatable bonds is 7. The molecule has 2 unspecified atom stereocenters. The van der Waals surface area contributed by atoms with Crippen molar-refractivity contribution in [1.82, 2.24) is 20.4 Å². The first-order valence-corrected chi connectivity index (χ1v) is 10.5. The van der Waals surface area contributed by atoms with Crippen molar-refractivity contribution < 1.29 is 14.3 Å². The second kappa shape index (κ2) is 9.26. The highest BCUT2D eigenvalue weighted by Gasteiger charge is 2.26. The number of aliphatic hydroxyl groups is 1. The SMILES string of the molecule is Cn1cc(C(C)(O)CN=C(NCCc2ccco2)NC2CCOc3ccccc32)cn1. The van der Waals surface area contributed by atoms with Gasteiger partial charge in [0.1, 0.15) is 17.1 Å². The topological polar surface area (TPSA) is 96.8 Å². The van der Waals surface area contributed by atoms with E-state index in [1.165, 1.54) is 0 Å². The van der Waals surface area contributed by atoms with Crippen molar-refractivity contribution in [2.45, 2.75) is 31.4 Å². The number of benzene rings is 1. The van der Waals surface area contributed by atoms with Crippen molar-refractivity contribution in [3.05, 3.63) is 71.9 Å². The normalized spacial score (nSPS) is 18.0. The second-order valence-electron chi connectivity index (χ2n) is 7.97. The first-order chi connectivity index (χ1) is 15.0. The van der Waals surface area contributed by atoms with Gasteiger partial charge in [-0.3, -0.25) is 4.68 Å². The van der Waals surface area contributed by atoms with E-state index < -0.39 is 5.60 Å². The van der Waals surface area contributed by atoms with E-state index in [1.54, 1.807) is 24.1 Å². The van der Waals surface area contributed by atoms with E-state index in [-0.39, 0.29) is 12.6 Å². The third-order valence-electron chi connectivity index (χ3n) is 5.39. The molecule has 164 valence electrons. The second-order valence-corrected chi connectivity index (χ2v) is 7.97. The summed E-state index contributed by atoms with van der Waals surface area (Å²) < 4.78 is 12.9. The fourth-order valence-corrected chi connectivity index (χ4v) is 3.59. The Labute approximate surface area is 181 Å². The van der Waals surface area contributed by atoms with Crippen molar-refractivity contribution in [3.8, 4) is 5.75 Å². The highest BCUT2D eigenvalue weighted by atomic mass is 16.5. The molecule has 4 rings (SSSR count). The number of nitrogens with zero attached hydrogens (tertiary/aromatic N) is 3. The molecule has 0 fully saturated rings. The van der Waals surface area contributed by atoms with Crippen molar-refractivity contribution in [2.75, 3.05) is 19.7 Å². The van der Waals surface area contributed by atoms with Crippen LogP contribution in [0.25, 0.3) is 0 Å². The summed E-state index contributed by atoms with van der Waals surface area (Å²) in [6.45, 7) is 3.23. The summed E-state index contributed by atoms with van der Waals surface area (Å²) in [4.78, 5) is 4.70. The van der Waals surface area contributed by atoms with Gasteiger partial charge in [-0.05, 0) is 25.1 Å². The molecular weight excluding hydrogens is 394 g/mol. The Kier molecular flexibility index (Phi) is 6.27. The summed E-state index contributed by atoms with van der Waals surface area (Å²) in [5.41, 5.74) is 0.704. The van der Waals surface area contributed by atoms with Gasteiger partial charge < -0.3 is 24.9 Å². The maximum absolute atomic E-state index is 10.9. The minimum absolute atomic E-state index is 0.0724. The van der Waals surface area contributed by atoms with Gasteiger partial charge in [0.15, 0.2) is 5.96 Å². The number of guanidine groups is 1. The van der Waals surface area contributed by atoms with Gasteiger partial charge in [-0.15, -0.1) is 0 Å². The van der Waals surface area contributed by atoms with Gasteiger partial charge >= 0.3 is 0 Å². The number of aromatic nitrogens is 2. The van der Waals surface area contributed by atoms with Gasteiger partial charge in [0.2, 0.25) is 0 Å². The summed E-state index contributed by atoms with van der Waals surface area (Å²) in [6.07, 6.45) is 6.71. The molecular formula is C23H29N5O3. The molecule has 0 aliphatic carbocycles. The number of para-hydroxylation sites is 1. The number of hydrogen-bond acceptors (Lipinski definition) is 5. The zero-order valence-corrected chi connectivity index (χ0v) is 17.9. The third-order valence-corrected chi connectivity index (χ3v) is 5.39. The van der Waals surface area contributed by atoms with Crippen LogP contribution < -0.4 is 15.4 Å². The van der Waals surface area contributed by atoms with Crippen LogP contribution in [-0.2, 0) is 19.1 Å². The number of furan rings is 1. The van der Waals surface area contributed by atoms with Crippen LogP contribution in [0.2, 0.25) is 0 Å². The van der Waals surface area contributed by atoms with Gasteiger partial charge in [0.25, 0.3) is 0 Å². The molecule has 0 saturated heterocycles. The third kappa shape index (κ3) is 5.27. The molecule has 2 atom stereocenters. The number of fused-ring (bicyclic) bond motifs is 1. The Balaban J connectivity index is 1.49. The molecule has 0 bridgehead atoms. The van der Waals surface area contributed by atoms with E-state index in [4.69, 9.17) is 14.1 Å². The molecule has 31 heavy (non-hydrogen) atoms. The smallest absolute Gasteiger partial charge is 0.191 e. The first kappa shape index (κ1) is 21.0. The van der Waals surface area contributed by atoms with E-state index in [1.807, 2.05) is 43.6 Å². The number of hydrogen-bond donors (Lipinski definition) is 3. The monoisotopic (exact) mass is 423 g/mol. The molecule has 3 heterocycles. The molecule has 1 aromatic carbocycles. The van der Waals surface area contributed by atoms with E-state index >= 15 is 0 Å². The minimum Gasteiger partial charge on any atom is -0.493 e. The molecule has 0 amide bonds. The van der Waals surface area contributed by atoms with Crippen LogP contribution in [0.1, 0.15) is 36.3 Å². The molecule has 3 N–H and O–H groups in total. The van der Waals surface area contributed by atoms with E-state index in [2.05, 4.69) is 21.8 Å². The van der Waals surface area contributed by atoms with Gasteiger partial charge in [0, 0.05) is 43.8 Å². The van der Waals surface area contributed by atoms with Gasteiger partial charge in [-0.1, -0.05) is 18.2 Å². The van der Waals surface area contributed by atoms with Crippen LogP contribution in [0.4, 0.5) is 0 Å². The van der Waals surface area contributed by atoms with Crippen LogP contribution >= 0.6 is 0 Å². The standard InChI is InChI=1S/C23H29N5O3/c1-23(29,17-14-26-28(2)15-17)16-25-22(24-11-9-18-6-5-12-30-18)27-20-10-13-31-21-8-4-3-7-19(20)21/h3-8,12,14-15,20,29H,9-11,13,16H2,1-2H3,(H2,24,25,27). The molecule has 1 aliphatic rings. The lowest BCUT2D eigenvalue weighted by Gasteiger charge is -2.28. The summed E-state index contributed by atoms with van der Waals surface area (Å²) in [5.74, 6) is 2.44. The zero-order valence-electron chi connectivity index (χ0n) is 17.9. The molecule has 0 spiro atoms. The molecule has 8 nitrogen and oxygen atoms in total. The van der Waals surface area contributed by atoms with E-state index in [0.29, 0.717) is 19.1 Å². The lowest BCUT2D eigenvalue weighted by molar-refractivity contribution is 0.0671. The van der Waals surface area contributed by atoms with Crippen molar-refractivity contribution in [2.24, 2.45) is 12.0 Å². The average Bonchev–Trinajstić information content (AvgIpc) is 3.44. The van der Waals surface area contributed by atoms with Crippen molar-refractivity contribution in [1.29, 1.82) is 0 Å². The number of aryl methyl sites for hydroxylation is 1. The van der Waals surface area contributed by atoms with Gasteiger partial charge in [-0.2, -0.15) is 5.10 Å². The molecule has 0 saturated carbocycles. The fraction of sp³-hybridized carbons (Fsp3) is 0.391. The Bertz CT molecular complexity index is 1010. The number of ether oxygens (including phenoxy) is 1. The quantitative estimate of drug-likeness (QED) is 0.399. The fourth-order valence-electron chi connectivity index (χ4n) is 3.59. The molecule has 2 aromatic heterocycles. The van der Waals surface area contributed by atoms with Gasteiger partial charge in [0.05, 0.1) is 31.7 Å². The van der Waals surface area contributed by atoms with E-state index in [9.17, 15) is 5.11 Å². The zero-order chi connectivity index (χ0) is 21.7. The Morgan fingerprint density at radius 3 is 2.97 bits per heavy atom. The van der Waals surface area contributed by atoms with Crippen LogP contribution in [-0.4, -0.2) is 40.5 Å². The van der Waals surface area contributed by atoms with Gasteiger partial charge in [-0.25, -0.2) is 4.99 Å². The minimum atomic E-state index is -1.13. The average molecular weight is 424 g/mol. The maximum atomic E-state index is 10.9. The summed E-state index contributed by atoms with van der Waals surface area (Å²) in [7, 11) is 1.83. The maximum Gasteiger partial charge on any atom is 0.191 e. The Morgan fingerprint density at radius 2 is 2.19 bits per heavy atom. The lowest BCUT2D eigenvalue weighted by atomic mass is 10.00. The number of nitrogens with one attached hydrogen (secondary N) is 2. The first-order valence-electron chi connectivity index (χ1n) is 10.5. The highest BCUT2D eigenvalue weighted by molar-refractivity contribution is 5.80. The van der Waals surface area contributed by atoms with Crippen LogP contribution in [0.3, 0.4) is 0 Å². The Hall–Kier alpha value is -3.26. The number of aliphatic imine (C=N–C) groups is 1. The summed E-state index contributed by atoms with van der Waals surface area (Å²) in [5, 5.41) is 22.0. The van der Waals surface area contributed by atoms with Crippen LogP contribution in [0.15, 0.2) is 64.5 Å². The molecule has 8 heteroatoms. The molecule has 0 radical (unpaired) electrons. The predicted octanol–water partition coefficient (Wildman–Crippen LogP) is 2.52. The van der Waals surface area contributed by atoms with Crippen molar-refractivity contribution >= 4 is 5.96 Å². The largest absolute Gasteiger partial charge is 0.493 e. The highest BCUT2D eigenvalue weighted by Crippen LogP contribution is 2.31. The predicted molar refractivity (Wildman–Crippen MR) is 118 cm³/mol.